The van der Waals surface area contributed by atoms with Crippen molar-refractivity contribution in [3.8, 4) is 0 Å². The van der Waals surface area contributed by atoms with E-state index >= 15 is 0 Å². The van der Waals surface area contributed by atoms with Gasteiger partial charge in [-0.1, -0.05) is 6.42 Å². The molecule has 5 heteroatoms. The van der Waals surface area contributed by atoms with Crippen LogP contribution in [0.4, 0.5) is 0 Å². The number of nitrogens with zero attached hydrogens (tertiary/aromatic N) is 1. The minimum atomic E-state index is -1.03. The molecule has 2 aliphatic rings. The highest BCUT2D eigenvalue weighted by Crippen LogP contribution is 2.33. The van der Waals surface area contributed by atoms with Crippen molar-refractivity contribution in [2.75, 3.05) is 6.54 Å². The fourth-order valence-corrected chi connectivity index (χ4v) is 3.37. The van der Waals surface area contributed by atoms with E-state index in [1.54, 1.807) is 11.8 Å². The highest BCUT2D eigenvalue weighted by atomic mass is 16.4. The second-order valence-electron chi connectivity index (χ2n) is 6.15. The number of aliphatic carboxylic acids is 1. The van der Waals surface area contributed by atoms with Gasteiger partial charge in [-0.2, -0.15) is 0 Å². The van der Waals surface area contributed by atoms with Gasteiger partial charge in [-0.15, -0.1) is 0 Å². The Hall–Kier alpha value is -1.10. The predicted molar refractivity (Wildman–Crippen MR) is 71.5 cm³/mol. The van der Waals surface area contributed by atoms with E-state index in [2.05, 4.69) is 0 Å². The summed E-state index contributed by atoms with van der Waals surface area (Å²) in [5.41, 5.74) is 4.90. The van der Waals surface area contributed by atoms with Gasteiger partial charge in [-0.25, -0.2) is 4.79 Å². The molecule has 1 amide bonds. The lowest BCUT2D eigenvalue weighted by molar-refractivity contribution is -0.163. The quantitative estimate of drug-likeness (QED) is 0.792. The second kappa shape index (κ2) is 5.49. The molecule has 3 N–H and O–H groups in total. The summed E-state index contributed by atoms with van der Waals surface area (Å²) < 4.78 is 0. The molecule has 1 aliphatic carbocycles. The molecule has 0 aromatic rings. The van der Waals surface area contributed by atoms with Gasteiger partial charge in [0, 0.05) is 18.5 Å². The van der Waals surface area contributed by atoms with Crippen molar-refractivity contribution in [2.45, 2.75) is 63.5 Å². The molecule has 1 saturated heterocycles. The van der Waals surface area contributed by atoms with E-state index in [1.165, 1.54) is 0 Å². The van der Waals surface area contributed by atoms with Crippen LogP contribution in [0.3, 0.4) is 0 Å². The number of hydrogen-bond donors (Lipinski definition) is 2. The van der Waals surface area contributed by atoms with Crippen LogP contribution in [-0.4, -0.2) is 40.0 Å². The van der Waals surface area contributed by atoms with E-state index in [0.717, 1.165) is 32.1 Å². The van der Waals surface area contributed by atoms with E-state index in [9.17, 15) is 14.7 Å². The maximum absolute atomic E-state index is 12.6. The molecule has 0 aromatic carbocycles. The zero-order valence-electron chi connectivity index (χ0n) is 11.6. The Morgan fingerprint density at radius 2 is 2.00 bits per heavy atom. The van der Waals surface area contributed by atoms with E-state index in [4.69, 9.17) is 5.73 Å². The normalized spacial score (nSPS) is 36.0. The molecule has 2 rings (SSSR count). The maximum Gasteiger partial charge on any atom is 0.329 e. The van der Waals surface area contributed by atoms with Gasteiger partial charge >= 0.3 is 5.97 Å². The Morgan fingerprint density at radius 3 is 2.63 bits per heavy atom. The van der Waals surface area contributed by atoms with E-state index in [0.29, 0.717) is 19.4 Å². The van der Waals surface area contributed by atoms with Crippen molar-refractivity contribution >= 4 is 11.9 Å². The van der Waals surface area contributed by atoms with Crippen LogP contribution in [0.2, 0.25) is 0 Å². The monoisotopic (exact) mass is 268 g/mol. The van der Waals surface area contributed by atoms with E-state index < -0.39 is 11.5 Å². The van der Waals surface area contributed by atoms with Crippen LogP contribution >= 0.6 is 0 Å². The van der Waals surface area contributed by atoms with Crippen LogP contribution in [0.5, 0.6) is 0 Å². The molecule has 0 spiro atoms. The van der Waals surface area contributed by atoms with Crippen LogP contribution in [-0.2, 0) is 9.59 Å². The Kier molecular flexibility index (Phi) is 4.13. The lowest BCUT2D eigenvalue weighted by Crippen LogP contribution is -2.59. The maximum atomic E-state index is 12.6. The van der Waals surface area contributed by atoms with Crippen molar-refractivity contribution in [3.63, 3.8) is 0 Å². The number of carbonyl (C=O) groups is 2. The average molecular weight is 268 g/mol. The molecule has 1 heterocycles. The lowest BCUT2D eigenvalue weighted by Gasteiger charge is -2.44. The van der Waals surface area contributed by atoms with Crippen LogP contribution < -0.4 is 5.73 Å². The molecule has 5 nitrogen and oxygen atoms in total. The molecule has 3 unspecified atom stereocenters. The zero-order chi connectivity index (χ0) is 14.0. The van der Waals surface area contributed by atoms with Gasteiger partial charge in [0.2, 0.25) is 5.91 Å². The minimum Gasteiger partial charge on any atom is -0.480 e. The van der Waals surface area contributed by atoms with Gasteiger partial charge in [0.05, 0.1) is 0 Å². The molecule has 2 fully saturated rings. The molecule has 1 aliphatic heterocycles. The number of piperidine rings is 1. The van der Waals surface area contributed by atoms with Crippen LogP contribution in [0, 0.1) is 5.92 Å². The smallest absolute Gasteiger partial charge is 0.329 e. The summed E-state index contributed by atoms with van der Waals surface area (Å²) >= 11 is 0. The second-order valence-corrected chi connectivity index (χ2v) is 6.15. The first-order chi connectivity index (χ1) is 8.95. The number of carbonyl (C=O) groups excluding carboxylic acids is 1. The fraction of sp³-hybridized carbons (Fsp3) is 0.857. The third kappa shape index (κ3) is 2.76. The Bertz CT molecular complexity index is 372. The number of likely N-dealkylation sites (tertiary alicyclic amines) is 1. The summed E-state index contributed by atoms with van der Waals surface area (Å²) in [6.45, 7) is 2.24. The highest BCUT2D eigenvalue weighted by molar-refractivity contribution is 5.88. The number of carboxylic acids is 1. The Morgan fingerprint density at radius 1 is 1.26 bits per heavy atom. The fourth-order valence-electron chi connectivity index (χ4n) is 3.37. The predicted octanol–water partition coefficient (Wildman–Crippen LogP) is 1.36. The summed E-state index contributed by atoms with van der Waals surface area (Å²) in [7, 11) is 0. The summed E-state index contributed by atoms with van der Waals surface area (Å²) in [5, 5.41) is 9.45. The average Bonchev–Trinajstić information content (AvgIpc) is 2.38. The van der Waals surface area contributed by atoms with Gasteiger partial charge in [-0.05, 0) is 45.4 Å². The molecule has 3 atom stereocenters. The first-order valence-electron chi connectivity index (χ1n) is 7.25. The van der Waals surface area contributed by atoms with Gasteiger partial charge in [0.25, 0.3) is 0 Å². The van der Waals surface area contributed by atoms with Crippen LogP contribution in [0.15, 0.2) is 0 Å². The topological polar surface area (TPSA) is 83.6 Å². The summed E-state index contributed by atoms with van der Waals surface area (Å²) in [6.07, 6.45) is 5.80. The minimum absolute atomic E-state index is 0.000231. The lowest BCUT2D eigenvalue weighted by atomic mass is 9.82. The number of nitrogens with two attached hydrogens (primary N) is 1. The molecule has 19 heavy (non-hydrogen) atoms. The van der Waals surface area contributed by atoms with Gasteiger partial charge in [0.1, 0.15) is 5.54 Å². The summed E-state index contributed by atoms with van der Waals surface area (Å²) in [6, 6.07) is 0.0866. The summed E-state index contributed by atoms with van der Waals surface area (Å²) in [4.78, 5) is 25.7. The molecular weight excluding hydrogens is 244 g/mol. The molecule has 108 valence electrons. The van der Waals surface area contributed by atoms with Gasteiger partial charge in [-0.3, -0.25) is 4.79 Å². The third-order valence-corrected chi connectivity index (χ3v) is 4.68. The molecule has 0 radical (unpaired) electrons. The highest BCUT2D eigenvalue weighted by Gasteiger charge is 2.45. The number of amides is 1. The Balaban J connectivity index is 2.13. The molecular formula is C14H24N2O3. The first kappa shape index (κ1) is 14.3. The number of rotatable bonds is 2. The van der Waals surface area contributed by atoms with Gasteiger partial charge in [0.15, 0.2) is 0 Å². The standard InChI is InChI=1S/C14H24N2O3/c1-14(13(18)19)7-2-3-8-16(14)12(17)10-5-4-6-11(15)9-10/h10-11H,2-9,15H2,1H3,(H,18,19). The summed E-state index contributed by atoms with van der Waals surface area (Å²) in [5.74, 6) is -0.971. The van der Waals surface area contributed by atoms with Crippen molar-refractivity contribution in [2.24, 2.45) is 11.7 Å². The van der Waals surface area contributed by atoms with Crippen LogP contribution in [0.1, 0.15) is 51.9 Å². The molecule has 1 saturated carbocycles. The number of carboxylic acid groups (broad SMARTS) is 1. The van der Waals surface area contributed by atoms with Crippen molar-refractivity contribution < 1.29 is 14.7 Å². The largest absolute Gasteiger partial charge is 0.480 e. The SMILES string of the molecule is CC1(C(=O)O)CCCCN1C(=O)C1CCCC(N)C1. The molecule has 0 bridgehead atoms. The zero-order valence-corrected chi connectivity index (χ0v) is 11.6. The van der Waals surface area contributed by atoms with Crippen molar-refractivity contribution in [3.05, 3.63) is 0 Å². The van der Waals surface area contributed by atoms with Crippen molar-refractivity contribution in [1.82, 2.24) is 4.90 Å². The number of hydrogen-bond acceptors (Lipinski definition) is 3. The third-order valence-electron chi connectivity index (χ3n) is 4.68. The Labute approximate surface area is 114 Å². The van der Waals surface area contributed by atoms with Crippen molar-refractivity contribution in [1.29, 1.82) is 0 Å². The van der Waals surface area contributed by atoms with Gasteiger partial charge < -0.3 is 15.7 Å². The molecule has 0 aromatic heterocycles. The first-order valence-corrected chi connectivity index (χ1v) is 7.25. The van der Waals surface area contributed by atoms with E-state index in [-0.39, 0.29) is 17.9 Å². The van der Waals surface area contributed by atoms with E-state index in [1.807, 2.05) is 0 Å². The van der Waals surface area contributed by atoms with Crippen LogP contribution in [0.25, 0.3) is 0 Å².